The topological polar surface area (TPSA) is 64.4 Å². The van der Waals surface area contributed by atoms with Crippen LogP contribution in [0.25, 0.3) is 0 Å². The van der Waals surface area contributed by atoms with E-state index in [1.165, 1.54) is 0 Å². The van der Waals surface area contributed by atoms with Crippen molar-refractivity contribution in [1.82, 2.24) is 5.32 Å². The smallest absolute Gasteiger partial charge is 0.220 e. The fourth-order valence-corrected chi connectivity index (χ4v) is 2.56. The molecule has 0 radical (unpaired) electrons. The highest BCUT2D eigenvalue weighted by Gasteiger charge is 2.24. The van der Waals surface area contributed by atoms with Gasteiger partial charge in [0, 0.05) is 17.7 Å². The third-order valence-electron chi connectivity index (χ3n) is 3.63. The van der Waals surface area contributed by atoms with Crippen molar-refractivity contribution >= 4 is 11.6 Å². The van der Waals surface area contributed by atoms with Crippen LogP contribution in [-0.4, -0.2) is 12.5 Å². The zero-order valence-corrected chi connectivity index (χ0v) is 11.7. The van der Waals surface area contributed by atoms with Gasteiger partial charge in [0.1, 0.15) is 12.4 Å². The van der Waals surface area contributed by atoms with Crippen LogP contribution in [0.5, 0.6) is 5.75 Å². The number of ether oxygens (including phenoxy) is 1. The Morgan fingerprint density at radius 3 is 2.95 bits per heavy atom. The molecule has 4 heteroatoms. The molecule has 108 valence electrons. The van der Waals surface area contributed by atoms with Crippen LogP contribution in [0.2, 0.25) is 0 Å². The SMILES string of the molecule is Nc1cccc(CCC(=O)NC2COc3ccccc32)c1. The van der Waals surface area contributed by atoms with Crippen molar-refractivity contribution in [2.45, 2.75) is 18.9 Å². The van der Waals surface area contributed by atoms with E-state index in [1.807, 2.05) is 48.5 Å². The minimum atomic E-state index is -0.0467. The molecule has 0 fully saturated rings. The highest BCUT2D eigenvalue weighted by atomic mass is 16.5. The van der Waals surface area contributed by atoms with Gasteiger partial charge in [-0.15, -0.1) is 0 Å². The van der Waals surface area contributed by atoms with Gasteiger partial charge < -0.3 is 15.8 Å². The lowest BCUT2D eigenvalue weighted by Gasteiger charge is -2.11. The van der Waals surface area contributed by atoms with E-state index in [-0.39, 0.29) is 11.9 Å². The number of carbonyl (C=O) groups is 1. The molecule has 2 aromatic rings. The van der Waals surface area contributed by atoms with Crippen LogP contribution in [0.3, 0.4) is 0 Å². The molecule has 21 heavy (non-hydrogen) atoms. The molecule has 0 bridgehead atoms. The number of hydrogen-bond donors (Lipinski definition) is 2. The summed E-state index contributed by atoms with van der Waals surface area (Å²) < 4.78 is 5.56. The van der Waals surface area contributed by atoms with Crippen molar-refractivity contribution in [3.63, 3.8) is 0 Å². The van der Waals surface area contributed by atoms with E-state index in [0.717, 1.165) is 22.6 Å². The van der Waals surface area contributed by atoms with Crippen molar-refractivity contribution < 1.29 is 9.53 Å². The number of nitrogen functional groups attached to an aromatic ring is 1. The Hall–Kier alpha value is -2.49. The summed E-state index contributed by atoms with van der Waals surface area (Å²) in [5.74, 6) is 0.890. The van der Waals surface area contributed by atoms with Gasteiger partial charge in [0.15, 0.2) is 0 Å². The normalized spacial score (nSPS) is 16.1. The molecule has 1 unspecified atom stereocenters. The van der Waals surface area contributed by atoms with E-state index in [9.17, 15) is 4.79 Å². The molecule has 0 aromatic heterocycles. The predicted octanol–water partition coefficient (Wildman–Crippen LogP) is 2.45. The molecule has 0 saturated carbocycles. The van der Waals surface area contributed by atoms with Crippen LogP contribution in [-0.2, 0) is 11.2 Å². The second kappa shape index (κ2) is 5.87. The monoisotopic (exact) mass is 282 g/mol. The van der Waals surface area contributed by atoms with Crippen LogP contribution >= 0.6 is 0 Å². The number of hydrogen-bond acceptors (Lipinski definition) is 3. The molecule has 3 rings (SSSR count). The number of nitrogens with one attached hydrogen (secondary N) is 1. The Bertz CT molecular complexity index is 655. The molecule has 1 amide bonds. The fourth-order valence-electron chi connectivity index (χ4n) is 2.56. The molecular weight excluding hydrogens is 264 g/mol. The summed E-state index contributed by atoms with van der Waals surface area (Å²) in [5.41, 5.74) is 8.59. The molecule has 3 N–H and O–H groups in total. The summed E-state index contributed by atoms with van der Waals surface area (Å²) in [4.78, 5) is 12.1. The third kappa shape index (κ3) is 3.16. The molecule has 0 aliphatic carbocycles. The van der Waals surface area contributed by atoms with Crippen molar-refractivity contribution in [1.29, 1.82) is 0 Å². The molecule has 1 heterocycles. The van der Waals surface area contributed by atoms with E-state index < -0.39 is 0 Å². The third-order valence-corrected chi connectivity index (χ3v) is 3.63. The summed E-state index contributed by atoms with van der Waals surface area (Å²) in [6.45, 7) is 0.503. The molecule has 1 atom stereocenters. The first-order chi connectivity index (χ1) is 10.2. The summed E-state index contributed by atoms with van der Waals surface area (Å²) >= 11 is 0. The van der Waals surface area contributed by atoms with Gasteiger partial charge in [-0.05, 0) is 30.2 Å². The predicted molar refractivity (Wildman–Crippen MR) is 82.0 cm³/mol. The van der Waals surface area contributed by atoms with E-state index in [4.69, 9.17) is 10.5 Å². The van der Waals surface area contributed by atoms with Gasteiger partial charge >= 0.3 is 0 Å². The molecule has 0 saturated heterocycles. The lowest BCUT2D eigenvalue weighted by atomic mass is 10.1. The first kappa shape index (κ1) is 13.5. The second-order valence-corrected chi connectivity index (χ2v) is 5.21. The van der Waals surface area contributed by atoms with Crippen LogP contribution in [0, 0.1) is 0 Å². The largest absolute Gasteiger partial charge is 0.491 e. The average Bonchev–Trinajstić information content (AvgIpc) is 2.89. The van der Waals surface area contributed by atoms with Crippen molar-refractivity contribution in [2.24, 2.45) is 0 Å². The zero-order valence-electron chi connectivity index (χ0n) is 11.7. The van der Waals surface area contributed by atoms with Gasteiger partial charge in [0.2, 0.25) is 5.91 Å². The molecule has 4 nitrogen and oxygen atoms in total. The molecular formula is C17H18N2O2. The first-order valence-electron chi connectivity index (χ1n) is 7.08. The molecule has 1 aliphatic rings. The number of anilines is 1. The zero-order chi connectivity index (χ0) is 14.7. The Labute approximate surface area is 123 Å². The highest BCUT2D eigenvalue weighted by molar-refractivity contribution is 5.77. The lowest BCUT2D eigenvalue weighted by Crippen LogP contribution is -2.29. The lowest BCUT2D eigenvalue weighted by molar-refractivity contribution is -0.121. The fraction of sp³-hybridized carbons (Fsp3) is 0.235. The molecule has 1 aliphatic heterocycles. The Kier molecular flexibility index (Phi) is 3.77. The van der Waals surface area contributed by atoms with Crippen LogP contribution in [0.1, 0.15) is 23.6 Å². The first-order valence-corrected chi connectivity index (χ1v) is 7.08. The summed E-state index contributed by atoms with van der Waals surface area (Å²) in [6.07, 6.45) is 1.13. The minimum absolute atomic E-state index is 0.0303. The maximum atomic E-state index is 12.1. The van der Waals surface area contributed by atoms with E-state index >= 15 is 0 Å². The van der Waals surface area contributed by atoms with E-state index in [1.54, 1.807) is 0 Å². The van der Waals surface area contributed by atoms with Crippen molar-refractivity contribution in [2.75, 3.05) is 12.3 Å². The van der Waals surface area contributed by atoms with Gasteiger partial charge in [-0.3, -0.25) is 4.79 Å². The highest BCUT2D eigenvalue weighted by Crippen LogP contribution is 2.31. The summed E-state index contributed by atoms with van der Waals surface area (Å²) in [5, 5.41) is 3.02. The van der Waals surface area contributed by atoms with Gasteiger partial charge in [-0.2, -0.15) is 0 Å². The van der Waals surface area contributed by atoms with E-state index in [0.29, 0.717) is 19.4 Å². The van der Waals surface area contributed by atoms with Gasteiger partial charge in [-0.1, -0.05) is 30.3 Å². The maximum absolute atomic E-state index is 12.1. The maximum Gasteiger partial charge on any atom is 0.220 e. The standard InChI is InChI=1S/C17H18N2O2/c18-13-5-3-4-12(10-13)8-9-17(20)19-15-11-21-16-7-2-1-6-14(15)16/h1-7,10,15H,8-9,11,18H2,(H,19,20). The second-order valence-electron chi connectivity index (χ2n) is 5.21. The number of benzene rings is 2. The van der Waals surface area contributed by atoms with Crippen LogP contribution in [0.15, 0.2) is 48.5 Å². The van der Waals surface area contributed by atoms with E-state index in [2.05, 4.69) is 5.32 Å². The van der Waals surface area contributed by atoms with Crippen LogP contribution < -0.4 is 15.8 Å². The average molecular weight is 282 g/mol. The number of rotatable bonds is 4. The Morgan fingerprint density at radius 2 is 2.10 bits per heavy atom. The Morgan fingerprint density at radius 1 is 1.24 bits per heavy atom. The van der Waals surface area contributed by atoms with Gasteiger partial charge in [0.25, 0.3) is 0 Å². The van der Waals surface area contributed by atoms with Crippen molar-refractivity contribution in [3.05, 3.63) is 59.7 Å². The molecule has 2 aromatic carbocycles. The quantitative estimate of drug-likeness (QED) is 0.847. The van der Waals surface area contributed by atoms with Crippen LogP contribution in [0.4, 0.5) is 5.69 Å². The minimum Gasteiger partial charge on any atom is -0.491 e. The number of carbonyl (C=O) groups excluding carboxylic acids is 1. The number of para-hydroxylation sites is 1. The Balaban J connectivity index is 1.56. The number of amides is 1. The van der Waals surface area contributed by atoms with Gasteiger partial charge in [-0.25, -0.2) is 0 Å². The number of aryl methyl sites for hydroxylation is 1. The summed E-state index contributed by atoms with van der Waals surface area (Å²) in [7, 11) is 0. The number of nitrogens with two attached hydrogens (primary N) is 1. The number of fused-ring (bicyclic) bond motifs is 1. The van der Waals surface area contributed by atoms with Crippen molar-refractivity contribution in [3.8, 4) is 5.75 Å². The van der Waals surface area contributed by atoms with Gasteiger partial charge in [0.05, 0.1) is 6.04 Å². The molecule has 0 spiro atoms. The summed E-state index contributed by atoms with van der Waals surface area (Å²) in [6, 6.07) is 15.4.